The SMILES string of the molecule is O=C(O)Nc1cccc(S(=O)(=O)O)c1. The average molecular weight is 217 g/mol. The number of anilines is 1. The highest BCUT2D eigenvalue weighted by Gasteiger charge is 2.09. The monoisotopic (exact) mass is 217 g/mol. The zero-order valence-corrected chi connectivity index (χ0v) is 7.65. The van der Waals surface area contributed by atoms with Crippen molar-refractivity contribution in [3.8, 4) is 0 Å². The van der Waals surface area contributed by atoms with Crippen molar-refractivity contribution in [2.45, 2.75) is 4.90 Å². The first kappa shape index (κ1) is 10.5. The second-order valence-corrected chi connectivity index (χ2v) is 3.85. The predicted octanol–water partition coefficient (Wildman–Crippen LogP) is 1.02. The molecule has 14 heavy (non-hydrogen) atoms. The van der Waals surface area contributed by atoms with E-state index >= 15 is 0 Å². The van der Waals surface area contributed by atoms with E-state index in [4.69, 9.17) is 9.66 Å². The molecule has 0 saturated heterocycles. The molecule has 7 heteroatoms. The van der Waals surface area contributed by atoms with Crippen molar-refractivity contribution < 1.29 is 22.9 Å². The lowest BCUT2D eigenvalue weighted by molar-refractivity contribution is 0.209. The van der Waals surface area contributed by atoms with Gasteiger partial charge in [-0.15, -0.1) is 0 Å². The van der Waals surface area contributed by atoms with Crippen molar-refractivity contribution in [1.29, 1.82) is 0 Å². The quantitative estimate of drug-likeness (QED) is 0.641. The van der Waals surface area contributed by atoms with Gasteiger partial charge in [-0.1, -0.05) is 6.07 Å². The van der Waals surface area contributed by atoms with Gasteiger partial charge in [0, 0.05) is 5.69 Å². The van der Waals surface area contributed by atoms with Crippen LogP contribution in [0.15, 0.2) is 29.2 Å². The van der Waals surface area contributed by atoms with Gasteiger partial charge in [-0.05, 0) is 18.2 Å². The van der Waals surface area contributed by atoms with Gasteiger partial charge in [0.05, 0.1) is 4.90 Å². The van der Waals surface area contributed by atoms with Gasteiger partial charge in [-0.25, -0.2) is 4.79 Å². The molecule has 76 valence electrons. The number of amides is 1. The molecule has 1 rings (SSSR count). The molecular formula is C7H7NO5S. The normalized spacial score (nSPS) is 10.9. The van der Waals surface area contributed by atoms with E-state index in [1.165, 1.54) is 12.1 Å². The van der Waals surface area contributed by atoms with Gasteiger partial charge in [0.1, 0.15) is 0 Å². The van der Waals surface area contributed by atoms with Crippen LogP contribution in [0.5, 0.6) is 0 Å². The van der Waals surface area contributed by atoms with Gasteiger partial charge in [-0.2, -0.15) is 8.42 Å². The standard InChI is InChI=1S/C7H7NO5S/c9-7(10)8-5-2-1-3-6(4-5)14(11,12)13/h1-4,8H,(H,9,10)(H,11,12,13). The average Bonchev–Trinajstić information content (AvgIpc) is 2.01. The summed E-state index contributed by atoms with van der Waals surface area (Å²) in [7, 11) is -4.29. The van der Waals surface area contributed by atoms with E-state index in [2.05, 4.69) is 0 Å². The summed E-state index contributed by atoms with van der Waals surface area (Å²) in [5.74, 6) is 0. The molecule has 0 aromatic heterocycles. The highest BCUT2D eigenvalue weighted by atomic mass is 32.2. The summed E-state index contributed by atoms with van der Waals surface area (Å²) in [6.07, 6.45) is -1.31. The molecule has 0 fully saturated rings. The van der Waals surface area contributed by atoms with E-state index in [-0.39, 0.29) is 10.6 Å². The van der Waals surface area contributed by atoms with E-state index in [1.807, 2.05) is 5.32 Å². The third-order valence-corrected chi connectivity index (χ3v) is 2.23. The molecule has 0 radical (unpaired) electrons. The predicted molar refractivity (Wildman–Crippen MR) is 47.9 cm³/mol. The van der Waals surface area contributed by atoms with E-state index in [0.717, 1.165) is 12.1 Å². The summed E-state index contributed by atoms with van der Waals surface area (Å²) in [5, 5.41) is 10.3. The third kappa shape index (κ3) is 2.71. The van der Waals surface area contributed by atoms with Crippen LogP contribution >= 0.6 is 0 Å². The van der Waals surface area contributed by atoms with E-state index in [0.29, 0.717) is 0 Å². The molecule has 0 aliphatic heterocycles. The van der Waals surface area contributed by atoms with Crippen LogP contribution in [0.1, 0.15) is 0 Å². The zero-order valence-electron chi connectivity index (χ0n) is 6.84. The van der Waals surface area contributed by atoms with Crippen LogP contribution in [0, 0.1) is 0 Å². The van der Waals surface area contributed by atoms with Crippen LogP contribution in [-0.4, -0.2) is 24.2 Å². The lowest BCUT2D eigenvalue weighted by Gasteiger charge is -2.01. The Morgan fingerprint density at radius 1 is 1.36 bits per heavy atom. The molecule has 0 saturated carbocycles. The number of carbonyl (C=O) groups is 1. The molecule has 0 spiro atoms. The van der Waals surface area contributed by atoms with Crippen LogP contribution in [0.4, 0.5) is 10.5 Å². The first-order chi connectivity index (χ1) is 6.39. The molecule has 0 heterocycles. The van der Waals surface area contributed by atoms with Gasteiger partial charge < -0.3 is 5.11 Å². The Hall–Kier alpha value is -1.60. The van der Waals surface area contributed by atoms with Crippen LogP contribution < -0.4 is 5.32 Å². The summed E-state index contributed by atoms with van der Waals surface area (Å²) < 4.78 is 29.9. The number of hydrogen-bond acceptors (Lipinski definition) is 3. The van der Waals surface area contributed by atoms with Gasteiger partial charge in [0.25, 0.3) is 10.1 Å². The van der Waals surface area contributed by atoms with E-state index in [1.54, 1.807) is 0 Å². The first-order valence-corrected chi connectivity index (χ1v) is 4.91. The number of carboxylic acid groups (broad SMARTS) is 1. The Labute approximate surface area is 79.9 Å². The summed E-state index contributed by atoms with van der Waals surface area (Å²) in [5.41, 5.74) is 0.0765. The molecule has 0 unspecified atom stereocenters. The second kappa shape index (κ2) is 3.64. The largest absolute Gasteiger partial charge is 0.465 e. The first-order valence-electron chi connectivity index (χ1n) is 3.47. The molecule has 1 aromatic carbocycles. The number of rotatable bonds is 2. The summed E-state index contributed by atoms with van der Waals surface area (Å²) in [6.45, 7) is 0. The molecule has 1 aromatic rings. The smallest absolute Gasteiger partial charge is 0.409 e. The minimum absolute atomic E-state index is 0.0765. The van der Waals surface area contributed by atoms with Crippen molar-refractivity contribution in [3.63, 3.8) is 0 Å². The minimum atomic E-state index is -4.29. The minimum Gasteiger partial charge on any atom is -0.465 e. The summed E-state index contributed by atoms with van der Waals surface area (Å²) in [6, 6.07) is 4.85. The molecule has 6 nitrogen and oxygen atoms in total. The van der Waals surface area contributed by atoms with Gasteiger partial charge in [-0.3, -0.25) is 9.87 Å². The lowest BCUT2D eigenvalue weighted by Crippen LogP contribution is -2.08. The molecule has 3 N–H and O–H groups in total. The highest BCUT2D eigenvalue weighted by Crippen LogP contribution is 2.14. The maximum absolute atomic E-state index is 10.7. The van der Waals surface area contributed by atoms with Gasteiger partial charge in [0.15, 0.2) is 0 Å². The van der Waals surface area contributed by atoms with Gasteiger partial charge >= 0.3 is 6.09 Å². The molecule has 0 atom stereocenters. The molecule has 0 bridgehead atoms. The van der Waals surface area contributed by atoms with Crippen molar-refractivity contribution in [2.75, 3.05) is 5.32 Å². The Kier molecular flexibility index (Phi) is 2.73. The van der Waals surface area contributed by atoms with Crippen LogP contribution in [0.3, 0.4) is 0 Å². The van der Waals surface area contributed by atoms with Crippen molar-refractivity contribution in [2.24, 2.45) is 0 Å². The van der Waals surface area contributed by atoms with Crippen LogP contribution in [0.25, 0.3) is 0 Å². The van der Waals surface area contributed by atoms with Crippen LogP contribution in [0.2, 0.25) is 0 Å². The maximum atomic E-state index is 10.7. The fourth-order valence-corrected chi connectivity index (χ4v) is 1.38. The highest BCUT2D eigenvalue weighted by molar-refractivity contribution is 7.85. The Balaban J connectivity index is 3.08. The topological polar surface area (TPSA) is 104 Å². The second-order valence-electron chi connectivity index (χ2n) is 2.43. The van der Waals surface area contributed by atoms with Crippen molar-refractivity contribution in [1.82, 2.24) is 0 Å². The van der Waals surface area contributed by atoms with E-state index < -0.39 is 16.2 Å². The van der Waals surface area contributed by atoms with Crippen molar-refractivity contribution >= 4 is 21.9 Å². The Morgan fingerprint density at radius 2 is 2.00 bits per heavy atom. The molecule has 0 aliphatic carbocycles. The number of benzene rings is 1. The molecule has 0 aliphatic rings. The number of nitrogens with one attached hydrogen (secondary N) is 1. The summed E-state index contributed by atoms with van der Waals surface area (Å²) in [4.78, 5) is 9.85. The lowest BCUT2D eigenvalue weighted by atomic mass is 10.3. The third-order valence-electron chi connectivity index (χ3n) is 1.38. The fraction of sp³-hybridized carbons (Fsp3) is 0. The summed E-state index contributed by atoms with van der Waals surface area (Å²) >= 11 is 0. The van der Waals surface area contributed by atoms with Crippen molar-refractivity contribution in [3.05, 3.63) is 24.3 Å². The van der Waals surface area contributed by atoms with Gasteiger partial charge in [0.2, 0.25) is 0 Å². The van der Waals surface area contributed by atoms with Crippen LogP contribution in [-0.2, 0) is 10.1 Å². The molecular weight excluding hydrogens is 210 g/mol. The zero-order chi connectivity index (χ0) is 10.8. The Bertz CT molecular complexity index is 453. The van der Waals surface area contributed by atoms with E-state index in [9.17, 15) is 13.2 Å². The molecule has 1 amide bonds. The Morgan fingerprint density at radius 3 is 2.50 bits per heavy atom. The maximum Gasteiger partial charge on any atom is 0.409 e. The number of hydrogen-bond donors (Lipinski definition) is 3. The fourth-order valence-electron chi connectivity index (χ4n) is 0.858.